The fourth-order valence-corrected chi connectivity index (χ4v) is 1.87. The van der Waals surface area contributed by atoms with E-state index in [2.05, 4.69) is 5.32 Å². The second kappa shape index (κ2) is 9.10. The first kappa shape index (κ1) is 19.1. The predicted octanol–water partition coefficient (Wildman–Crippen LogP) is 2.35. The standard InChI is InChI=1S/C12H15F3N2OS.ClH/c13-12(14,15)19-7-6-17-11(18)10(16)8-9-4-2-1-3-5-9;/h1-5,10H,6-8,16H2,(H,17,18);1H. The fraction of sp³-hybridized carbons (Fsp3) is 0.417. The Morgan fingerprint density at radius 1 is 1.30 bits per heavy atom. The van der Waals surface area contributed by atoms with Gasteiger partial charge in [0.2, 0.25) is 5.91 Å². The molecule has 0 radical (unpaired) electrons. The lowest BCUT2D eigenvalue weighted by molar-refractivity contribution is -0.122. The number of hydrogen-bond donors (Lipinski definition) is 2. The maximum Gasteiger partial charge on any atom is 0.441 e. The van der Waals surface area contributed by atoms with Crippen molar-refractivity contribution in [3.05, 3.63) is 35.9 Å². The molecule has 0 spiro atoms. The van der Waals surface area contributed by atoms with E-state index in [1.807, 2.05) is 30.3 Å². The largest absolute Gasteiger partial charge is 0.441 e. The normalized spacial score (nSPS) is 12.4. The van der Waals surface area contributed by atoms with Gasteiger partial charge in [0, 0.05) is 12.3 Å². The predicted molar refractivity (Wildman–Crippen MR) is 76.9 cm³/mol. The zero-order valence-electron chi connectivity index (χ0n) is 10.5. The maximum absolute atomic E-state index is 11.9. The average Bonchev–Trinajstić information content (AvgIpc) is 2.34. The van der Waals surface area contributed by atoms with E-state index in [1.165, 1.54) is 0 Å². The Morgan fingerprint density at radius 2 is 1.90 bits per heavy atom. The molecule has 3 N–H and O–H groups in total. The number of carbonyl (C=O) groups is 1. The van der Waals surface area contributed by atoms with Gasteiger partial charge in [-0.05, 0) is 23.7 Å². The van der Waals surface area contributed by atoms with E-state index in [-0.39, 0.29) is 36.5 Å². The molecule has 0 aliphatic carbocycles. The van der Waals surface area contributed by atoms with E-state index in [9.17, 15) is 18.0 Å². The number of halogens is 4. The van der Waals surface area contributed by atoms with Gasteiger partial charge in [-0.3, -0.25) is 4.79 Å². The Hall–Kier alpha value is -0.920. The third-order valence-electron chi connectivity index (χ3n) is 2.30. The summed E-state index contributed by atoms with van der Waals surface area (Å²) in [6.45, 7) is -0.0501. The Kier molecular flexibility index (Phi) is 8.68. The summed E-state index contributed by atoms with van der Waals surface area (Å²) in [6.07, 6.45) is 0.360. The summed E-state index contributed by atoms with van der Waals surface area (Å²) < 4.78 is 35.6. The minimum absolute atomic E-state index is 0. The molecule has 114 valence electrons. The molecule has 0 aliphatic heterocycles. The number of amides is 1. The SMILES string of the molecule is Cl.NC(Cc1ccccc1)C(=O)NCCSC(F)(F)F. The van der Waals surface area contributed by atoms with Crippen molar-refractivity contribution in [2.24, 2.45) is 5.73 Å². The van der Waals surface area contributed by atoms with Crippen LogP contribution in [0.4, 0.5) is 13.2 Å². The number of benzene rings is 1. The Morgan fingerprint density at radius 3 is 2.45 bits per heavy atom. The smallest absolute Gasteiger partial charge is 0.354 e. The Bertz CT molecular complexity index is 403. The number of nitrogens with one attached hydrogen (secondary N) is 1. The van der Waals surface area contributed by atoms with Crippen molar-refractivity contribution in [1.82, 2.24) is 5.32 Å². The van der Waals surface area contributed by atoms with E-state index in [0.717, 1.165) is 5.56 Å². The van der Waals surface area contributed by atoms with Crippen LogP contribution in [-0.4, -0.2) is 29.8 Å². The van der Waals surface area contributed by atoms with Crippen LogP contribution in [0, 0.1) is 0 Å². The summed E-state index contributed by atoms with van der Waals surface area (Å²) in [4.78, 5) is 11.5. The van der Waals surface area contributed by atoms with Crippen molar-refractivity contribution < 1.29 is 18.0 Å². The molecule has 0 saturated heterocycles. The van der Waals surface area contributed by atoms with Crippen LogP contribution in [0.25, 0.3) is 0 Å². The Balaban J connectivity index is 0.00000361. The summed E-state index contributed by atoms with van der Waals surface area (Å²) in [7, 11) is 0. The fourth-order valence-electron chi connectivity index (χ4n) is 1.43. The van der Waals surface area contributed by atoms with Gasteiger partial charge in [-0.1, -0.05) is 30.3 Å². The highest BCUT2D eigenvalue weighted by atomic mass is 35.5. The number of rotatable bonds is 6. The molecule has 0 bridgehead atoms. The second-order valence-electron chi connectivity index (χ2n) is 3.88. The van der Waals surface area contributed by atoms with Gasteiger partial charge in [-0.15, -0.1) is 12.4 Å². The first-order valence-corrected chi connectivity index (χ1v) is 6.65. The molecule has 1 rings (SSSR count). The molecule has 0 heterocycles. The summed E-state index contributed by atoms with van der Waals surface area (Å²) in [5.41, 5.74) is 2.32. The van der Waals surface area contributed by atoms with Gasteiger partial charge in [0.25, 0.3) is 0 Å². The highest BCUT2D eigenvalue weighted by molar-refractivity contribution is 8.00. The molecule has 1 atom stereocenters. The minimum Gasteiger partial charge on any atom is -0.354 e. The van der Waals surface area contributed by atoms with Gasteiger partial charge < -0.3 is 11.1 Å². The molecule has 1 unspecified atom stereocenters. The van der Waals surface area contributed by atoms with Crippen molar-refractivity contribution in [2.75, 3.05) is 12.3 Å². The monoisotopic (exact) mass is 328 g/mol. The zero-order chi connectivity index (χ0) is 14.3. The van der Waals surface area contributed by atoms with Gasteiger partial charge in [0.1, 0.15) is 0 Å². The third-order valence-corrected chi connectivity index (χ3v) is 3.04. The molecule has 0 fully saturated rings. The topological polar surface area (TPSA) is 55.1 Å². The van der Waals surface area contributed by atoms with Crippen molar-refractivity contribution in [2.45, 2.75) is 18.0 Å². The van der Waals surface area contributed by atoms with Crippen LogP contribution in [0.1, 0.15) is 5.56 Å². The molecule has 1 aromatic carbocycles. The molecule has 8 heteroatoms. The van der Waals surface area contributed by atoms with E-state index >= 15 is 0 Å². The molecule has 20 heavy (non-hydrogen) atoms. The van der Waals surface area contributed by atoms with Crippen molar-refractivity contribution in [3.8, 4) is 0 Å². The molecular formula is C12H16ClF3N2OS. The number of alkyl halides is 3. The highest BCUT2D eigenvalue weighted by Crippen LogP contribution is 2.29. The summed E-state index contributed by atoms with van der Waals surface area (Å²) in [5, 5.41) is 2.39. The highest BCUT2D eigenvalue weighted by Gasteiger charge is 2.27. The van der Waals surface area contributed by atoms with Crippen LogP contribution >= 0.6 is 24.2 Å². The van der Waals surface area contributed by atoms with Crippen molar-refractivity contribution >= 4 is 30.1 Å². The van der Waals surface area contributed by atoms with Crippen molar-refractivity contribution in [3.63, 3.8) is 0 Å². The van der Waals surface area contributed by atoms with Crippen LogP contribution in [0.2, 0.25) is 0 Å². The average molecular weight is 329 g/mol. The lowest BCUT2D eigenvalue weighted by atomic mass is 10.1. The van der Waals surface area contributed by atoms with Crippen molar-refractivity contribution in [1.29, 1.82) is 0 Å². The number of nitrogens with two attached hydrogens (primary N) is 1. The van der Waals surface area contributed by atoms with Gasteiger partial charge >= 0.3 is 5.51 Å². The molecule has 0 aliphatic rings. The van der Waals surface area contributed by atoms with Gasteiger partial charge in [0.05, 0.1) is 6.04 Å². The first-order valence-electron chi connectivity index (χ1n) is 5.66. The molecule has 0 saturated carbocycles. The maximum atomic E-state index is 11.9. The van der Waals surface area contributed by atoms with Gasteiger partial charge in [-0.25, -0.2) is 0 Å². The quantitative estimate of drug-likeness (QED) is 0.788. The van der Waals surface area contributed by atoms with Crippen LogP contribution in [0.15, 0.2) is 30.3 Å². The number of thioether (sulfide) groups is 1. The van der Waals surface area contributed by atoms with E-state index < -0.39 is 17.5 Å². The Labute approximate surface area is 125 Å². The molecule has 3 nitrogen and oxygen atoms in total. The molecule has 0 aromatic heterocycles. The summed E-state index contributed by atoms with van der Waals surface area (Å²) in [5.74, 6) is -0.653. The van der Waals surface area contributed by atoms with E-state index in [0.29, 0.717) is 6.42 Å². The molecule has 1 amide bonds. The van der Waals surface area contributed by atoms with Crippen LogP contribution in [0.5, 0.6) is 0 Å². The second-order valence-corrected chi connectivity index (χ2v) is 5.04. The third kappa shape index (κ3) is 8.29. The van der Waals surface area contributed by atoms with E-state index in [1.54, 1.807) is 0 Å². The van der Waals surface area contributed by atoms with E-state index in [4.69, 9.17) is 5.73 Å². The lowest BCUT2D eigenvalue weighted by Gasteiger charge is -2.12. The van der Waals surface area contributed by atoms with Crippen LogP contribution in [0.3, 0.4) is 0 Å². The zero-order valence-corrected chi connectivity index (χ0v) is 12.2. The minimum atomic E-state index is -4.27. The summed E-state index contributed by atoms with van der Waals surface area (Å²) in [6, 6.07) is 8.45. The number of carbonyl (C=O) groups excluding carboxylic acids is 1. The van der Waals surface area contributed by atoms with Gasteiger partial charge in [-0.2, -0.15) is 13.2 Å². The van der Waals surface area contributed by atoms with Crippen LogP contribution < -0.4 is 11.1 Å². The van der Waals surface area contributed by atoms with Gasteiger partial charge in [0.15, 0.2) is 0 Å². The number of hydrogen-bond acceptors (Lipinski definition) is 3. The molecular weight excluding hydrogens is 313 g/mol. The first-order chi connectivity index (χ1) is 8.88. The summed E-state index contributed by atoms with van der Waals surface area (Å²) >= 11 is -0.164. The molecule has 1 aromatic rings. The lowest BCUT2D eigenvalue weighted by Crippen LogP contribution is -2.42. The van der Waals surface area contributed by atoms with Crippen LogP contribution in [-0.2, 0) is 11.2 Å².